The number of ether oxygens (including phenoxy) is 2. The molecule has 0 atom stereocenters. The molecule has 4 aromatic carbocycles. The maximum absolute atomic E-state index is 13.6. The maximum atomic E-state index is 13.6. The second kappa shape index (κ2) is 11.7. The van der Waals surface area contributed by atoms with Crippen LogP contribution in [0.4, 0.5) is 16.2 Å². The average Bonchev–Trinajstić information content (AvgIpc) is 2.96. The number of halogens is 2. The standard InChI is InChI=1S/C31H22Cl2N2O5/c1-39-28-17-20(12-15-27(28)40-19-21-13-14-22(32)18-26(21)33)16-25-29(36)34(23-8-4-2-5-9-23)31(38)35(30(25)37)24-10-6-3-7-11-24/h2-18H,19H2,1H3. The molecule has 0 radical (unpaired) electrons. The highest BCUT2D eigenvalue weighted by Gasteiger charge is 2.43. The van der Waals surface area contributed by atoms with Gasteiger partial charge in [0.1, 0.15) is 12.2 Å². The summed E-state index contributed by atoms with van der Waals surface area (Å²) < 4.78 is 11.4. The highest BCUT2D eigenvalue weighted by molar-refractivity contribution is 6.46. The van der Waals surface area contributed by atoms with Gasteiger partial charge in [0.2, 0.25) is 0 Å². The van der Waals surface area contributed by atoms with Crippen LogP contribution in [0.15, 0.2) is 103 Å². The van der Waals surface area contributed by atoms with Crippen LogP contribution in [0.5, 0.6) is 11.5 Å². The summed E-state index contributed by atoms with van der Waals surface area (Å²) in [5.74, 6) is -0.648. The van der Waals surface area contributed by atoms with E-state index in [2.05, 4.69) is 0 Å². The normalized spacial score (nSPS) is 13.5. The number of hydrogen-bond acceptors (Lipinski definition) is 5. The molecule has 4 amide bonds. The fourth-order valence-corrected chi connectivity index (χ4v) is 4.66. The van der Waals surface area contributed by atoms with E-state index < -0.39 is 17.8 Å². The van der Waals surface area contributed by atoms with Gasteiger partial charge in [-0.1, -0.05) is 71.7 Å². The van der Waals surface area contributed by atoms with Crippen LogP contribution in [0, 0.1) is 0 Å². The van der Waals surface area contributed by atoms with Gasteiger partial charge in [0.05, 0.1) is 18.5 Å². The van der Waals surface area contributed by atoms with Crippen molar-refractivity contribution in [3.05, 3.63) is 124 Å². The van der Waals surface area contributed by atoms with E-state index in [0.29, 0.717) is 38.5 Å². The van der Waals surface area contributed by atoms with Crippen LogP contribution < -0.4 is 19.3 Å². The molecular formula is C31H22Cl2N2O5. The van der Waals surface area contributed by atoms with Crippen molar-refractivity contribution < 1.29 is 23.9 Å². The zero-order valence-electron chi connectivity index (χ0n) is 21.2. The summed E-state index contributed by atoms with van der Waals surface area (Å²) in [5, 5.41) is 0.997. The first-order valence-electron chi connectivity index (χ1n) is 12.2. The number of imide groups is 2. The molecule has 7 nitrogen and oxygen atoms in total. The Morgan fingerprint density at radius 3 is 1.88 bits per heavy atom. The molecule has 0 bridgehead atoms. The van der Waals surface area contributed by atoms with Crippen molar-refractivity contribution in [1.82, 2.24) is 0 Å². The number of nitrogens with zero attached hydrogens (tertiary/aromatic N) is 2. The minimum atomic E-state index is -0.758. The monoisotopic (exact) mass is 572 g/mol. The van der Waals surface area contributed by atoms with Gasteiger partial charge in [0, 0.05) is 15.6 Å². The third-order valence-corrected chi connectivity index (χ3v) is 6.76. The van der Waals surface area contributed by atoms with Gasteiger partial charge < -0.3 is 9.47 Å². The smallest absolute Gasteiger partial charge is 0.343 e. The summed E-state index contributed by atoms with van der Waals surface area (Å²) in [6.07, 6.45) is 1.44. The third kappa shape index (κ3) is 5.43. The Bertz CT molecular complexity index is 1560. The molecule has 1 heterocycles. The van der Waals surface area contributed by atoms with Crippen LogP contribution in [0.3, 0.4) is 0 Å². The topological polar surface area (TPSA) is 76.2 Å². The third-order valence-electron chi connectivity index (χ3n) is 6.18. The molecule has 0 spiro atoms. The van der Waals surface area contributed by atoms with E-state index >= 15 is 0 Å². The molecule has 40 heavy (non-hydrogen) atoms. The molecule has 0 aliphatic carbocycles. The van der Waals surface area contributed by atoms with Crippen LogP contribution in [0.2, 0.25) is 10.0 Å². The number of hydrogen-bond donors (Lipinski definition) is 0. The number of anilines is 2. The van der Waals surface area contributed by atoms with Crippen molar-refractivity contribution >= 4 is 58.5 Å². The number of carbonyl (C=O) groups is 3. The Morgan fingerprint density at radius 2 is 1.32 bits per heavy atom. The Labute approximate surface area is 240 Å². The first kappa shape index (κ1) is 27.0. The second-order valence-electron chi connectivity index (χ2n) is 8.73. The largest absolute Gasteiger partial charge is 0.493 e. The predicted molar refractivity (Wildman–Crippen MR) is 155 cm³/mol. The van der Waals surface area contributed by atoms with Gasteiger partial charge in [-0.3, -0.25) is 9.59 Å². The molecule has 5 rings (SSSR count). The molecule has 1 aliphatic rings. The van der Waals surface area contributed by atoms with Crippen LogP contribution in [-0.2, 0) is 16.2 Å². The maximum Gasteiger partial charge on any atom is 0.343 e. The van der Waals surface area contributed by atoms with Crippen LogP contribution in [-0.4, -0.2) is 25.0 Å². The van der Waals surface area contributed by atoms with E-state index in [9.17, 15) is 14.4 Å². The Hall–Kier alpha value is -4.59. The van der Waals surface area contributed by atoms with Crippen molar-refractivity contribution in [2.24, 2.45) is 0 Å². The summed E-state index contributed by atoms with van der Waals surface area (Å²) in [6, 6.07) is 26.3. The number of amides is 4. The lowest BCUT2D eigenvalue weighted by Gasteiger charge is -2.33. The van der Waals surface area contributed by atoms with Crippen LogP contribution in [0.1, 0.15) is 11.1 Å². The van der Waals surface area contributed by atoms with E-state index in [1.165, 1.54) is 13.2 Å². The van der Waals surface area contributed by atoms with E-state index in [1.807, 2.05) is 0 Å². The molecular weight excluding hydrogens is 551 g/mol. The number of benzene rings is 4. The van der Waals surface area contributed by atoms with Gasteiger partial charge in [0.25, 0.3) is 11.8 Å². The molecule has 0 aromatic heterocycles. The average molecular weight is 573 g/mol. The molecule has 9 heteroatoms. The van der Waals surface area contributed by atoms with E-state index in [1.54, 1.807) is 97.1 Å². The number of carbonyl (C=O) groups excluding carboxylic acids is 3. The van der Waals surface area contributed by atoms with Crippen molar-refractivity contribution in [3.8, 4) is 11.5 Å². The zero-order valence-corrected chi connectivity index (χ0v) is 22.7. The lowest BCUT2D eigenvalue weighted by atomic mass is 10.0. The molecule has 0 unspecified atom stereocenters. The fraction of sp³-hybridized carbons (Fsp3) is 0.0645. The highest BCUT2D eigenvalue weighted by Crippen LogP contribution is 2.33. The van der Waals surface area contributed by atoms with Gasteiger partial charge in [0.15, 0.2) is 11.5 Å². The first-order chi connectivity index (χ1) is 19.4. The molecule has 4 aromatic rings. The van der Waals surface area contributed by atoms with Crippen molar-refractivity contribution in [3.63, 3.8) is 0 Å². The van der Waals surface area contributed by atoms with E-state index in [-0.39, 0.29) is 12.2 Å². The number of urea groups is 1. The lowest BCUT2D eigenvalue weighted by molar-refractivity contribution is -0.121. The summed E-state index contributed by atoms with van der Waals surface area (Å²) in [7, 11) is 1.48. The fourth-order valence-electron chi connectivity index (χ4n) is 4.19. The molecule has 200 valence electrons. The van der Waals surface area contributed by atoms with Crippen LogP contribution >= 0.6 is 23.2 Å². The number of rotatable bonds is 7. The summed E-state index contributed by atoms with van der Waals surface area (Å²) >= 11 is 12.2. The van der Waals surface area contributed by atoms with Gasteiger partial charge in [-0.25, -0.2) is 14.6 Å². The van der Waals surface area contributed by atoms with Gasteiger partial charge >= 0.3 is 6.03 Å². The quantitative estimate of drug-likeness (QED) is 0.173. The molecule has 0 saturated carbocycles. The van der Waals surface area contributed by atoms with Crippen molar-refractivity contribution in [2.75, 3.05) is 16.9 Å². The van der Waals surface area contributed by atoms with Gasteiger partial charge in [-0.05, 0) is 60.2 Å². The highest BCUT2D eigenvalue weighted by atomic mass is 35.5. The van der Waals surface area contributed by atoms with Gasteiger partial charge in [-0.15, -0.1) is 0 Å². The number of barbiturate groups is 1. The predicted octanol–water partition coefficient (Wildman–Crippen LogP) is 7.16. The Balaban J connectivity index is 1.50. The van der Waals surface area contributed by atoms with Gasteiger partial charge in [-0.2, -0.15) is 0 Å². The SMILES string of the molecule is COc1cc(C=C2C(=O)N(c3ccccc3)C(=O)N(c3ccccc3)C2=O)ccc1OCc1ccc(Cl)cc1Cl. The Kier molecular flexibility index (Phi) is 7.86. The summed E-state index contributed by atoms with van der Waals surface area (Å²) in [6.45, 7) is 0.171. The number of para-hydroxylation sites is 2. The number of methoxy groups -OCH3 is 1. The Morgan fingerprint density at radius 1 is 0.725 bits per heavy atom. The van der Waals surface area contributed by atoms with E-state index in [4.69, 9.17) is 32.7 Å². The lowest BCUT2D eigenvalue weighted by Crippen LogP contribution is -2.57. The van der Waals surface area contributed by atoms with Crippen molar-refractivity contribution in [1.29, 1.82) is 0 Å². The second-order valence-corrected chi connectivity index (χ2v) is 9.57. The minimum Gasteiger partial charge on any atom is -0.493 e. The first-order valence-corrected chi connectivity index (χ1v) is 12.9. The molecule has 1 saturated heterocycles. The zero-order chi connectivity index (χ0) is 28.2. The molecule has 0 N–H and O–H groups in total. The minimum absolute atomic E-state index is 0.171. The molecule has 1 aliphatic heterocycles. The molecule has 1 fully saturated rings. The summed E-state index contributed by atoms with van der Waals surface area (Å²) in [4.78, 5) is 42.6. The van der Waals surface area contributed by atoms with Crippen molar-refractivity contribution in [2.45, 2.75) is 6.61 Å². The summed E-state index contributed by atoms with van der Waals surface area (Å²) in [5.41, 5.74) is 1.75. The van der Waals surface area contributed by atoms with Crippen LogP contribution in [0.25, 0.3) is 6.08 Å². The van der Waals surface area contributed by atoms with E-state index in [0.717, 1.165) is 15.4 Å².